The van der Waals surface area contributed by atoms with Gasteiger partial charge in [0.1, 0.15) is 12.2 Å². The number of hydrogen-bond donors (Lipinski definition) is 0. The van der Waals surface area contributed by atoms with Gasteiger partial charge in [-0.3, -0.25) is 0 Å². The molecule has 2 atom stereocenters. The van der Waals surface area contributed by atoms with E-state index in [1.807, 2.05) is 11.8 Å². The minimum Gasteiger partial charge on any atom is -0.450 e. The summed E-state index contributed by atoms with van der Waals surface area (Å²) in [6.07, 6.45) is 1.90. The normalized spacial score (nSPS) is 23.1. The third kappa shape index (κ3) is 2.76. The highest BCUT2D eigenvalue weighted by Gasteiger charge is 2.46. The van der Waals surface area contributed by atoms with Gasteiger partial charge in [-0.1, -0.05) is 54.1 Å². The third-order valence-electron chi connectivity index (χ3n) is 5.81. The van der Waals surface area contributed by atoms with Crippen LogP contribution in [0.5, 0.6) is 0 Å². The molecule has 0 saturated carbocycles. The zero-order chi connectivity index (χ0) is 18.4. The minimum atomic E-state index is -0.196. The standard InChI is InChI=1S/C23H23NO3/c1-2-26-23(25)24-13-11-15(12-14-24)20-16-7-3-5-9-18(16)21-22(27-21)19-10-6-4-8-17(19)20/h3-10,21-22H,2,11-14H2,1H3. The van der Waals surface area contributed by atoms with Crippen molar-refractivity contribution in [3.8, 4) is 0 Å². The van der Waals surface area contributed by atoms with Gasteiger partial charge in [0, 0.05) is 13.1 Å². The van der Waals surface area contributed by atoms with Crippen molar-refractivity contribution in [1.29, 1.82) is 0 Å². The van der Waals surface area contributed by atoms with E-state index in [0.29, 0.717) is 19.7 Å². The topological polar surface area (TPSA) is 42.1 Å². The van der Waals surface area contributed by atoms with Gasteiger partial charge in [0.2, 0.25) is 0 Å². The lowest BCUT2D eigenvalue weighted by atomic mass is 9.86. The molecule has 2 aliphatic heterocycles. The predicted octanol–water partition coefficient (Wildman–Crippen LogP) is 4.87. The molecule has 0 N–H and O–H groups in total. The lowest BCUT2D eigenvalue weighted by Gasteiger charge is -2.30. The van der Waals surface area contributed by atoms with Crippen LogP contribution >= 0.6 is 0 Å². The summed E-state index contributed by atoms with van der Waals surface area (Å²) in [6, 6.07) is 17.2. The Bertz CT molecular complexity index is 869. The highest BCUT2D eigenvalue weighted by atomic mass is 16.6. The van der Waals surface area contributed by atoms with E-state index in [1.165, 1.54) is 33.4 Å². The maximum atomic E-state index is 12.1. The molecule has 0 spiro atoms. The van der Waals surface area contributed by atoms with Gasteiger partial charge in [0.15, 0.2) is 0 Å². The molecule has 2 unspecified atom stereocenters. The SMILES string of the molecule is CCOC(=O)N1CCC(=C2c3ccccc3C3OC3c3ccccc32)CC1. The third-order valence-corrected chi connectivity index (χ3v) is 5.81. The lowest BCUT2D eigenvalue weighted by molar-refractivity contribution is 0.104. The first-order valence-electron chi connectivity index (χ1n) is 9.75. The molecular weight excluding hydrogens is 338 g/mol. The molecule has 5 rings (SSSR count). The van der Waals surface area contributed by atoms with Crippen molar-refractivity contribution in [2.24, 2.45) is 0 Å². The minimum absolute atomic E-state index is 0.167. The Morgan fingerprint density at radius 1 is 1.00 bits per heavy atom. The first-order chi connectivity index (χ1) is 13.3. The second-order valence-electron chi connectivity index (χ2n) is 7.32. The van der Waals surface area contributed by atoms with Crippen LogP contribution in [0.3, 0.4) is 0 Å². The number of carbonyl (C=O) groups excluding carboxylic acids is 1. The van der Waals surface area contributed by atoms with Crippen LogP contribution in [-0.4, -0.2) is 30.7 Å². The van der Waals surface area contributed by atoms with Crippen LogP contribution < -0.4 is 0 Å². The van der Waals surface area contributed by atoms with Crippen LogP contribution in [-0.2, 0) is 9.47 Å². The van der Waals surface area contributed by atoms with Gasteiger partial charge in [0.05, 0.1) is 6.61 Å². The van der Waals surface area contributed by atoms with Crippen LogP contribution in [0, 0.1) is 0 Å². The Labute approximate surface area is 159 Å². The van der Waals surface area contributed by atoms with Crippen molar-refractivity contribution in [2.45, 2.75) is 32.0 Å². The van der Waals surface area contributed by atoms with Crippen molar-refractivity contribution in [1.82, 2.24) is 4.90 Å². The number of likely N-dealkylation sites (tertiary alicyclic amines) is 1. The van der Waals surface area contributed by atoms with Crippen molar-refractivity contribution in [2.75, 3.05) is 19.7 Å². The number of rotatable bonds is 1. The van der Waals surface area contributed by atoms with Crippen LogP contribution in [0.4, 0.5) is 4.79 Å². The fourth-order valence-corrected chi connectivity index (χ4v) is 4.48. The summed E-state index contributed by atoms with van der Waals surface area (Å²) < 4.78 is 11.2. The van der Waals surface area contributed by atoms with E-state index in [4.69, 9.17) is 9.47 Å². The Morgan fingerprint density at radius 3 is 2.11 bits per heavy atom. The van der Waals surface area contributed by atoms with Gasteiger partial charge < -0.3 is 14.4 Å². The predicted molar refractivity (Wildman–Crippen MR) is 103 cm³/mol. The number of hydrogen-bond acceptors (Lipinski definition) is 3. The molecule has 2 fully saturated rings. The van der Waals surface area contributed by atoms with Gasteiger partial charge in [-0.25, -0.2) is 4.79 Å². The summed E-state index contributed by atoms with van der Waals surface area (Å²) in [5.41, 5.74) is 7.92. The van der Waals surface area contributed by atoms with Gasteiger partial charge >= 0.3 is 6.09 Å². The summed E-state index contributed by atoms with van der Waals surface area (Å²) in [5.74, 6) is 0. The van der Waals surface area contributed by atoms with Crippen molar-refractivity contribution >= 4 is 11.7 Å². The Hall–Kier alpha value is -2.59. The molecule has 0 aromatic heterocycles. The average molecular weight is 361 g/mol. The second-order valence-corrected chi connectivity index (χ2v) is 7.32. The molecule has 0 bridgehead atoms. The number of amides is 1. The molecule has 2 aromatic carbocycles. The molecular formula is C23H23NO3. The molecule has 1 aliphatic carbocycles. The number of fused-ring (bicyclic) bond motifs is 5. The monoisotopic (exact) mass is 361 g/mol. The van der Waals surface area contributed by atoms with Crippen molar-refractivity contribution in [3.63, 3.8) is 0 Å². The molecule has 138 valence electrons. The maximum absolute atomic E-state index is 12.1. The van der Waals surface area contributed by atoms with Gasteiger partial charge in [-0.05, 0) is 47.6 Å². The first-order valence-corrected chi connectivity index (χ1v) is 9.75. The van der Waals surface area contributed by atoms with Crippen LogP contribution in [0.2, 0.25) is 0 Å². The molecule has 2 saturated heterocycles. The van der Waals surface area contributed by atoms with E-state index in [1.54, 1.807) is 0 Å². The largest absolute Gasteiger partial charge is 0.450 e. The van der Waals surface area contributed by atoms with Crippen molar-refractivity contribution in [3.05, 3.63) is 76.4 Å². The summed E-state index contributed by atoms with van der Waals surface area (Å²) in [4.78, 5) is 13.9. The fourth-order valence-electron chi connectivity index (χ4n) is 4.48. The number of benzene rings is 2. The lowest BCUT2D eigenvalue weighted by Crippen LogP contribution is -2.37. The first kappa shape index (κ1) is 16.6. The fraction of sp³-hybridized carbons (Fsp3) is 0.348. The highest BCUT2D eigenvalue weighted by molar-refractivity contribution is 5.87. The number of piperidine rings is 1. The highest BCUT2D eigenvalue weighted by Crippen LogP contribution is 2.57. The number of nitrogens with zero attached hydrogens (tertiary/aromatic N) is 1. The molecule has 4 heteroatoms. The van der Waals surface area contributed by atoms with Crippen LogP contribution in [0.25, 0.3) is 5.57 Å². The van der Waals surface area contributed by atoms with E-state index in [0.717, 1.165) is 12.8 Å². The zero-order valence-corrected chi connectivity index (χ0v) is 15.5. The Morgan fingerprint density at radius 2 is 1.56 bits per heavy atom. The van der Waals surface area contributed by atoms with E-state index in [2.05, 4.69) is 48.5 Å². The summed E-state index contributed by atoms with van der Waals surface area (Å²) in [5, 5.41) is 0. The smallest absolute Gasteiger partial charge is 0.409 e. The average Bonchev–Trinajstić information content (AvgIpc) is 3.50. The van der Waals surface area contributed by atoms with Crippen molar-refractivity contribution < 1.29 is 14.3 Å². The zero-order valence-electron chi connectivity index (χ0n) is 15.5. The van der Waals surface area contributed by atoms with Crippen LogP contribution in [0.15, 0.2) is 54.1 Å². The molecule has 1 amide bonds. The molecule has 2 aromatic rings. The maximum Gasteiger partial charge on any atom is 0.409 e. The Kier molecular flexibility index (Phi) is 4.01. The van der Waals surface area contributed by atoms with E-state index < -0.39 is 0 Å². The summed E-state index contributed by atoms with van der Waals surface area (Å²) in [6.45, 7) is 3.70. The number of carbonyl (C=O) groups is 1. The molecule has 27 heavy (non-hydrogen) atoms. The van der Waals surface area contributed by atoms with Crippen LogP contribution in [0.1, 0.15) is 54.2 Å². The molecule has 2 heterocycles. The number of epoxide rings is 1. The molecule has 4 nitrogen and oxygen atoms in total. The van der Waals surface area contributed by atoms with Gasteiger partial charge in [0.25, 0.3) is 0 Å². The second kappa shape index (κ2) is 6.54. The van der Waals surface area contributed by atoms with E-state index in [-0.39, 0.29) is 18.3 Å². The number of ether oxygens (including phenoxy) is 2. The molecule has 0 radical (unpaired) electrons. The summed E-state index contributed by atoms with van der Waals surface area (Å²) >= 11 is 0. The molecule has 3 aliphatic rings. The van der Waals surface area contributed by atoms with E-state index in [9.17, 15) is 4.79 Å². The Balaban J connectivity index is 1.58. The van der Waals surface area contributed by atoms with Gasteiger partial charge in [-0.15, -0.1) is 0 Å². The van der Waals surface area contributed by atoms with E-state index >= 15 is 0 Å². The van der Waals surface area contributed by atoms with Gasteiger partial charge in [-0.2, -0.15) is 0 Å². The summed E-state index contributed by atoms with van der Waals surface area (Å²) in [7, 11) is 0. The quantitative estimate of drug-likeness (QED) is 0.681.